The molecule has 0 spiro atoms. The van der Waals surface area contributed by atoms with Gasteiger partial charge in [-0.2, -0.15) is 0 Å². The predicted octanol–water partition coefficient (Wildman–Crippen LogP) is 2.07. The zero-order chi connectivity index (χ0) is 11.9. The molecule has 0 amide bonds. The topological polar surface area (TPSA) is 53.1 Å². The smallest absolute Gasteiger partial charge is 0.293 e. The number of aryl methyl sites for hydroxylation is 1. The Kier molecular flexibility index (Phi) is 2.38. The van der Waals surface area contributed by atoms with Gasteiger partial charge in [0.05, 0.1) is 5.52 Å². The Hall–Kier alpha value is -1.91. The van der Waals surface area contributed by atoms with Crippen molar-refractivity contribution >= 4 is 10.9 Å². The summed E-state index contributed by atoms with van der Waals surface area (Å²) in [4.78, 5) is 13.3. The van der Waals surface area contributed by atoms with Crippen molar-refractivity contribution < 1.29 is 13.9 Å². The van der Waals surface area contributed by atoms with Crippen LogP contribution in [-0.2, 0) is 6.42 Å². The molecule has 0 radical (unpaired) electrons. The van der Waals surface area contributed by atoms with Crippen molar-refractivity contribution in [2.45, 2.75) is 13.3 Å². The number of fused-ring (bicyclic) bond motifs is 1. The van der Waals surface area contributed by atoms with E-state index in [0.717, 1.165) is 6.07 Å². The third-order valence-corrected chi connectivity index (χ3v) is 2.46. The quantitative estimate of drug-likeness (QED) is 0.780. The highest BCUT2D eigenvalue weighted by Crippen LogP contribution is 2.25. The third-order valence-electron chi connectivity index (χ3n) is 2.46. The van der Waals surface area contributed by atoms with Crippen LogP contribution in [0.1, 0.15) is 12.5 Å². The number of aromatic amines is 1. The number of hydrogen-bond acceptors (Lipinski definition) is 2. The van der Waals surface area contributed by atoms with Gasteiger partial charge >= 0.3 is 0 Å². The highest BCUT2D eigenvalue weighted by molar-refractivity contribution is 5.84. The Labute approximate surface area is 89.3 Å². The van der Waals surface area contributed by atoms with Crippen molar-refractivity contribution in [3.63, 3.8) is 0 Å². The number of pyridine rings is 1. The van der Waals surface area contributed by atoms with E-state index in [9.17, 15) is 18.7 Å². The molecule has 0 saturated heterocycles. The largest absolute Gasteiger partial charge is 0.501 e. The standard InChI is InChI=1S/C11H9F2NO2/c1-2-5-3-6(12)4-7-8(5)9(13)10(15)11(16)14-7/h3-4,15H,2H2,1H3,(H,14,16). The zero-order valence-electron chi connectivity index (χ0n) is 8.47. The minimum Gasteiger partial charge on any atom is -0.501 e. The first-order valence-electron chi connectivity index (χ1n) is 4.77. The molecule has 1 aromatic carbocycles. The first-order valence-corrected chi connectivity index (χ1v) is 4.77. The predicted molar refractivity (Wildman–Crippen MR) is 55.5 cm³/mol. The SMILES string of the molecule is CCc1cc(F)cc2[nH]c(=O)c(O)c(F)c12. The number of rotatable bonds is 1. The minimum atomic E-state index is -1.00. The van der Waals surface area contributed by atoms with Crippen LogP contribution in [0.5, 0.6) is 5.75 Å². The third kappa shape index (κ3) is 1.44. The Morgan fingerprint density at radius 2 is 2.06 bits per heavy atom. The molecule has 5 heteroatoms. The lowest BCUT2D eigenvalue weighted by Crippen LogP contribution is -2.08. The molecule has 0 unspecified atom stereocenters. The van der Waals surface area contributed by atoms with E-state index in [2.05, 4.69) is 4.98 Å². The molecule has 2 N–H and O–H groups in total. The highest BCUT2D eigenvalue weighted by atomic mass is 19.1. The molecule has 16 heavy (non-hydrogen) atoms. The van der Waals surface area contributed by atoms with E-state index in [0.29, 0.717) is 12.0 Å². The van der Waals surface area contributed by atoms with E-state index in [1.807, 2.05) is 0 Å². The van der Waals surface area contributed by atoms with Gasteiger partial charge in [0.15, 0.2) is 5.82 Å². The van der Waals surface area contributed by atoms with Crippen molar-refractivity contribution in [1.82, 2.24) is 4.98 Å². The fourth-order valence-corrected chi connectivity index (χ4v) is 1.70. The molecule has 0 aliphatic carbocycles. The summed E-state index contributed by atoms with van der Waals surface area (Å²) < 4.78 is 26.8. The number of nitrogens with one attached hydrogen (secondary N) is 1. The van der Waals surface area contributed by atoms with Gasteiger partial charge in [-0.15, -0.1) is 0 Å². The van der Waals surface area contributed by atoms with E-state index in [1.54, 1.807) is 6.92 Å². The van der Waals surface area contributed by atoms with E-state index in [1.165, 1.54) is 6.07 Å². The molecule has 0 atom stereocenters. The summed E-state index contributed by atoms with van der Waals surface area (Å²) in [6, 6.07) is 2.21. The summed E-state index contributed by atoms with van der Waals surface area (Å²) in [6.45, 7) is 1.73. The molecular weight excluding hydrogens is 216 g/mol. The van der Waals surface area contributed by atoms with Crippen LogP contribution < -0.4 is 5.56 Å². The Morgan fingerprint density at radius 3 is 2.69 bits per heavy atom. The van der Waals surface area contributed by atoms with Crippen LogP contribution in [0.25, 0.3) is 10.9 Å². The van der Waals surface area contributed by atoms with Crippen LogP contribution in [0.4, 0.5) is 8.78 Å². The summed E-state index contributed by atoms with van der Waals surface area (Å²) in [5.74, 6) is -2.52. The average molecular weight is 225 g/mol. The number of aromatic nitrogens is 1. The first kappa shape index (κ1) is 10.6. The number of benzene rings is 1. The molecule has 0 aliphatic rings. The molecule has 2 rings (SSSR count). The molecule has 1 aromatic heterocycles. The molecule has 84 valence electrons. The van der Waals surface area contributed by atoms with E-state index >= 15 is 0 Å². The van der Waals surface area contributed by atoms with Crippen LogP contribution in [-0.4, -0.2) is 10.1 Å². The maximum atomic E-state index is 13.6. The lowest BCUT2D eigenvalue weighted by atomic mass is 10.1. The van der Waals surface area contributed by atoms with Crippen molar-refractivity contribution in [3.8, 4) is 5.75 Å². The second-order valence-corrected chi connectivity index (χ2v) is 3.46. The van der Waals surface area contributed by atoms with Gasteiger partial charge in [-0.25, -0.2) is 8.78 Å². The Balaban J connectivity index is 3.01. The second kappa shape index (κ2) is 3.59. The lowest BCUT2D eigenvalue weighted by Gasteiger charge is -2.06. The number of halogens is 2. The second-order valence-electron chi connectivity index (χ2n) is 3.46. The summed E-state index contributed by atoms with van der Waals surface area (Å²) in [5.41, 5.74) is -0.506. The van der Waals surface area contributed by atoms with Gasteiger partial charge in [-0.1, -0.05) is 6.92 Å². The van der Waals surface area contributed by atoms with E-state index in [-0.39, 0.29) is 10.9 Å². The fourth-order valence-electron chi connectivity index (χ4n) is 1.70. The zero-order valence-corrected chi connectivity index (χ0v) is 8.47. The maximum Gasteiger partial charge on any atom is 0.293 e. The Morgan fingerprint density at radius 1 is 1.38 bits per heavy atom. The minimum absolute atomic E-state index is 0.0529. The van der Waals surface area contributed by atoms with E-state index in [4.69, 9.17) is 0 Å². The molecule has 2 aromatic rings. The molecule has 0 fully saturated rings. The van der Waals surface area contributed by atoms with Crippen molar-refractivity contribution in [2.75, 3.05) is 0 Å². The van der Waals surface area contributed by atoms with Crippen molar-refractivity contribution in [1.29, 1.82) is 0 Å². The normalized spacial score (nSPS) is 10.9. The van der Waals surface area contributed by atoms with E-state index < -0.39 is 22.9 Å². The highest BCUT2D eigenvalue weighted by Gasteiger charge is 2.14. The summed E-state index contributed by atoms with van der Waals surface area (Å²) >= 11 is 0. The monoisotopic (exact) mass is 225 g/mol. The summed E-state index contributed by atoms with van der Waals surface area (Å²) in [5, 5.41) is 9.24. The summed E-state index contributed by atoms with van der Waals surface area (Å²) in [6.07, 6.45) is 0.399. The van der Waals surface area contributed by atoms with Gasteiger partial charge in [0.2, 0.25) is 5.75 Å². The van der Waals surface area contributed by atoms with Crippen LogP contribution in [0.2, 0.25) is 0 Å². The average Bonchev–Trinajstić information content (AvgIpc) is 2.24. The summed E-state index contributed by atoms with van der Waals surface area (Å²) in [7, 11) is 0. The van der Waals surface area contributed by atoms with Gasteiger partial charge < -0.3 is 10.1 Å². The fraction of sp³-hybridized carbons (Fsp3) is 0.182. The molecule has 0 bridgehead atoms. The van der Waals surface area contributed by atoms with Gasteiger partial charge in [0, 0.05) is 5.39 Å². The number of hydrogen-bond donors (Lipinski definition) is 2. The van der Waals surface area contributed by atoms with Crippen molar-refractivity contribution in [2.24, 2.45) is 0 Å². The molecule has 1 heterocycles. The maximum absolute atomic E-state index is 13.6. The Bertz CT molecular complexity index is 619. The van der Waals surface area contributed by atoms with Gasteiger partial charge in [-0.3, -0.25) is 4.79 Å². The first-order chi connectivity index (χ1) is 7.54. The van der Waals surface area contributed by atoms with Gasteiger partial charge in [0.25, 0.3) is 5.56 Å². The molecule has 3 nitrogen and oxygen atoms in total. The van der Waals surface area contributed by atoms with Crippen LogP contribution in [0, 0.1) is 11.6 Å². The molecule has 0 aliphatic heterocycles. The van der Waals surface area contributed by atoms with Crippen LogP contribution in [0.15, 0.2) is 16.9 Å². The van der Waals surface area contributed by atoms with Crippen LogP contribution in [0.3, 0.4) is 0 Å². The van der Waals surface area contributed by atoms with Crippen LogP contribution >= 0.6 is 0 Å². The molecular formula is C11H9F2NO2. The number of aromatic hydroxyl groups is 1. The lowest BCUT2D eigenvalue weighted by molar-refractivity contribution is 0.428. The van der Waals surface area contributed by atoms with Gasteiger partial charge in [-0.05, 0) is 24.1 Å². The molecule has 0 saturated carbocycles. The number of H-pyrrole nitrogens is 1. The van der Waals surface area contributed by atoms with Crippen molar-refractivity contribution in [3.05, 3.63) is 39.7 Å². The van der Waals surface area contributed by atoms with Gasteiger partial charge in [0.1, 0.15) is 5.82 Å².